The van der Waals surface area contributed by atoms with Crippen LogP contribution in [-0.4, -0.2) is 50.4 Å². The third-order valence-corrected chi connectivity index (χ3v) is 6.03. The molecule has 2 aromatic carbocycles. The lowest BCUT2D eigenvalue weighted by Gasteiger charge is -2.33. The Labute approximate surface area is 204 Å². The van der Waals surface area contributed by atoms with Gasteiger partial charge in [0.15, 0.2) is 17.1 Å². The van der Waals surface area contributed by atoms with Gasteiger partial charge >= 0.3 is 5.97 Å². The first-order valence-electron chi connectivity index (χ1n) is 12.0. The maximum atomic E-state index is 14.8. The molecule has 0 spiro atoms. The van der Waals surface area contributed by atoms with Gasteiger partial charge in [-0.15, -0.1) is 0 Å². The summed E-state index contributed by atoms with van der Waals surface area (Å²) in [4.78, 5) is 18.6. The van der Waals surface area contributed by atoms with Gasteiger partial charge < -0.3 is 28.8 Å². The number of nitrogens with zero attached hydrogens (tertiary/aromatic N) is 2. The van der Waals surface area contributed by atoms with Crippen molar-refractivity contribution in [1.82, 2.24) is 10.3 Å². The summed E-state index contributed by atoms with van der Waals surface area (Å²) < 4.78 is 36.8. The largest absolute Gasteiger partial charge is 0.491 e. The van der Waals surface area contributed by atoms with Crippen LogP contribution in [0.3, 0.4) is 0 Å². The Morgan fingerprint density at radius 3 is 2.43 bits per heavy atom. The molecule has 0 radical (unpaired) electrons. The Hall–Kier alpha value is -3.33. The van der Waals surface area contributed by atoms with E-state index in [1.807, 2.05) is 32.0 Å². The highest BCUT2D eigenvalue weighted by atomic mass is 19.1. The molecule has 2 heterocycles. The van der Waals surface area contributed by atoms with Crippen molar-refractivity contribution in [3.63, 3.8) is 0 Å². The molecule has 188 valence electrons. The lowest BCUT2D eigenvalue weighted by atomic mass is 10.0. The molecule has 0 aliphatic carbocycles. The lowest BCUT2D eigenvalue weighted by Crippen LogP contribution is -2.43. The maximum Gasteiger partial charge on any atom is 0.309 e. The van der Waals surface area contributed by atoms with Crippen molar-refractivity contribution in [3.05, 3.63) is 47.3 Å². The van der Waals surface area contributed by atoms with Crippen LogP contribution in [0.4, 0.5) is 10.4 Å². The van der Waals surface area contributed by atoms with Crippen LogP contribution in [0.1, 0.15) is 37.8 Å². The van der Waals surface area contributed by atoms with Crippen LogP contribution in [0.15, 0.2) is 34.7 Å². The Bertz CT molecular complexity index is 1130. The Morgan fingerprint density at radius 1 is 1.11 bits per heavy atom. The quantitative estimate of drug-likeness (QED) is 0.427. The Balaban J connectivity index is 1.69. The number of carbonyl (C=O) groups is 1. The number of anilines is 1. The molecule has 4 rings (SSSR count). The number of benzene rings is 2. The average molecular weight is 486 g/mol. The number of nitrogens with one attached hydrogen (secondary N) is 1. The van der Waals surface area contributed by atoms with Crippen LogP contribution in [0.2, 0.25) is 0 Å². The zero-order valence-electron chi connectivity index (χ0n) is 20.4. The van der Waals surface area contributed by atoms with E-state index >= 15 is 0 Å². The molecule has 8 nitrogen and oxygen atoms in total. The van der Waals surface area contributed by atoms with Crippen LogP contribution in [0, 0.1) is 5.82 Å². The second-order valence-corrected chi connectivity index (χ2v) is 8.43. The zero-order chi connectivity index (χ0) is 24.8. The van der Waals surface area contributed by atoms with Gasteiger partial charge in [0.25, 0.3) is 6.01 Å². The summed E-state index contributed by atoms with van der Waals surface area (Å²) in [6.45, 7) is 6.57. The first-order valence-corrected chi connectivity index (χ1v) is 12.0. The van der Waals surface area contributed by atoms with E-state index in [1.54, 1.807) is 12.1 Å². The van der Waals surface area contributed by atoms with Gasteiger partial charge in [-0.2, -0.15) is 9.37 Å². The zero-order valence-corrected chi connectivity index (χ0v) is 20.4. The predicted octanol–water partition coefficient (Wildman–Crippen LogP) is 4.24. The van der Waals surface area contributed by atoms with Gasteiger partial charge in [0.2, 0.25) is 5.82 Å². The third kappa shape index (κ3) is 5.85. The fourth-order valence-corrected chi connectivity index (χ4v) is 4.34. The molecular formula is C26H32FN3O5. The fraction of sp³-hybridized carbons (Fsp3) is 0.462. The van der Waals surface area contributed by atoms with Crippen molar-refractivity contribution < 1.29 is 27.8 Å². The van der Waals surface area contributed by atoms with Crippen molar-refractivity contribution in [1.29, 1.82) is 0 Å². The molecule has 1 saturated heterocycles. The number of oxazole rings is 1. The molecule has 1 N–H and O–H groups in total. The molecule has 35 heavy (non-hydrogen) atoms. The molecule has 0 amide bonds. The van der Waals surface area contributed by atoms with E-state index in [9.17, 15) is 9.18 Å². The number of halogens is 1. The lowest BCUT2D eigenvalue weighted by molar-refractivity contribution is -0.139. The Kier molecular flexibility index (Phi) is 8.07. The van der Waals surface area contributed by atoms with E-state index in [2.05, 4.69) is 10.2 Å². The van der Waals surface area contributed by atoms with Crippen LogP contribution in [0.25, 0.3) is 11.1 Å². The molecular weight excluding hydrogens is 453 g/mol. The van der Waals surface area contributed by atoms with Gasteiger partial charge in [0.1, 0.15) is 5.52 Å². The standard InChI is InChI=1S/C26H32FN3O5/c1-4-33-22-13-18(14-23(25(22)27)34-5-2)16-30(19-8-10-28-11-9-19)26-29-20-12-17(15-24(31)32-3)6-7-21(20)35-26/h6-7,12-14,19,28H,4-5,8-11,15-16H2,1-3H3. The maximum absolute atomic E-state index is 14.8. The highest BCUT2D eigenvalue weighted by Crippen LogP contribution is 2.33. The third-order valence-electron chi connectivity index (χ3n) is 6.03. The summed E-state index contributed by atoms with van der Waals surface area (Å²) in [5.74, 6) is -0.464. The number of aromatic nitrogens is 1. The molecule has 1 fully saturated rings. The summed E-state index contributed by atoms with van der Waals surface area (Å²) >= 11 is 0. The minimum Gasteiger partial charge on any atom is -0.491 e. The van der Waals surface area contributed by atoms with Gasteiger partial charge in [0.05, 0.1) is 26.7 Å². The van der Waals surface area contributed by atoms with Crippen molar-refractivity contribution in [2.24, 2.45) is 0 Å². The molecule has 0 saturated carbocycles. The molecule has 0 unspecified atom stereocenters. The van der Waals surface area contributed by atoms with Crippen molar-refractivity contribution >= 4 is 23.1 Å². The second-order valence-electron chi connectivity index (χ2n) is 8.43. The van der Waals surface area contributed by atoms with E-state index < -0.39 is 5.82 Å². The van der Waals surface area contributed by atoms with Gasteiger partial charge in [-0.1, -0.05) is 6.07 Å². The summed E-state index contributed by atoms with van der Waals surface area (Å²) in [7, 11) is 1.37. The Morgan fingerprint density at radius 2 is 1.80 bits per heavy atom. The molecule has 9 heteroatoms. The smallest absolute Gasteiger partial charge is 0.309 e. The molecule has 1 aromatic heterocycles. The molecule has 1 aliphatic heterocycles. The van der Waals surface area contributed by atoms with Gasteiger partial charge in [-0.05, 0) is 75.2 Å². The number of ether oxygens (including phenoxy) is 3. The van der Waals surface area contributed by atoms with Crippen molar-refractivity contribution in [2.75, 3.05) is 38.3 Å². The topological polar surface area (TPSA) is 86.1 Å². The van der Waals surface area contributed by atoms with Gasteiger partial charge in [0, 0.05) is 12.6 Å². The van der Waals surface area contributed by atoms with Crippen LogP contribution in [0.5, 0.6) is 11.5 Å². The number of rotatable bonds is 10. The number of methoxy groups -OCH3 is 1. The number of hydrogen-bond acceptors (Lipinski definition) is 8. The van der Waals surface area contributed by atoms with E-state index in [0.29, 0.717) is 36.9 Å². The molecule has 0 atom stereocenters. The van der Waals surface area contributed by atoms with Crippen molar-refractivity contribution in [2.45, 2.75) is 45.7 Å². The fourth-order valence-electron chi connectivity index (χ4n) is 4.34. The van der Waals surface area contributed by atoms with Gasteiger partial charge in [-0.25, -0.2) is 0 Å². The summed E-state index contributed by atoms with van der Waals surface area (Å²) in [5.41, 5.74) is 2.95. The summed E-state index contributed by atoms with van der Waals surface area (Å²) in [6.07, 6.45) is 2.01. The number of carbonyl (C=O) groups excluding carboxylic acids is 1. The van der Waals surface area contributed by atoms with E-state index in [0.717, 1.165) is 37.1 Å². The average Bonchev–Trinajstić information content (AvgIpc) is 3.29. The van der Waals surface area contributed by atoms with E-state index in [1.165, 1.54) is 7.11 Å². The van der Waals surface area contributed by atoms with Gasteiger partial charge in [-0.3, -0.25) is 4.79 Å². The summed E-state index contributed by atoms with van der Waals surface area (Å²) in [6, 6.07) is 9.61. The number of fused-ring (bicyclic) bond motifs is 1. The highest BCUT2D eigenvalue weighted by molar-refractivity contribution is 5.78. The first kappa shape index (κ1) is 24.8. The van der Waals surface area contributed by atoms with Crippen molar-refractivity contribution in [3.8, 4) is 11.5 Å². The van der Waals surface area contributed by atoms with E-state index in [4.69, 9.17) is 23.6 Å². The van der Waals surface area contributed by atoms with E-state index in [-0.39, 0.29) is 29.9 Å². The normalized spacial score (nSPS) is 14.2. The van der Waals surface area contributed by atoms with Crippen LogP contribution in [-0.2, 0) is 22.5 Å². The molecule has 1 aliphatic rings. The van der Waals surface area contributed by atoms with Crippen LogP contribution < -0.4 is 19.7 Å². The number of piperidine rings is 1. The molecule has 0 bridgehead atoms. The first-order chi connectivity index (χ1) is 17.0. The minimum absolute atomic E-state index is 0.169. The monoisotopic (exact) mass is 485 g/mol. The minimum atomic E-state index is -0.495. The predicted molar refractivity (Wildman–Crippen MR) is 131 cm³/mol. The number of esters is 1. The second kappa shape index (κ2) is 11.4. The SMILES string of the molecule is CCOc1cc(CN(c2nc3cc(CC(=O)OC)ccc3o2)C2CCNCC2)cc(OCC)c1F. The highest BCUT2D eigenvalue weighted by Gasteiger charge is 2.27. The molecule has 3 aromatic rings. The number of hydrogen-bond donors (Lipinski definition) is 1. The van der Waals surface area contributed by atoms with Crippen LogP contribution >= 0.6 is 0 Å². The summed E-state index contributed by atoms with van der Waals surface area (Å²) in [5, 5.41) is 3.39.